The maximum atomic E-state index is 11.6. The van der Waals surface area contributed by atoms with Crippen LogP contribution in [0.15, 0.2) is 54.6 Å². The molecule has 4 rings (SSSR count). The minimum absolute atomic E-state index is 0.184. The van der Waals surface area contributed by atoms with E-state index in [0.717, 1.165) is 18.6 Å². The van der Waals surface area contributed by atoms with Crippen LogP contribution in [-0.2, 0) is 20.7 Å². The largest absolute Gasteiger partial charge is 0.469 e. The number of ether oxygens (including phenoxy) is 2. The zero-order chi connectivity index (χ0) is 15.4. The number of carbonyl (C=O) groups is 1. The van der Waals surface area contributed by atoms with E-state index < -0.39 is 0 Å². The van der Waals surface area contributed by atoms with Crippen molar-refractivity contribution in [3.8, 4) is 0 Å². The van der Waals surface area contributed by atoms with Crippen molar-refractivity contribution >= 4 is 5.97 Å². The van der Waals surface area contributed by atoms with Gasteiger partial charge in [0.25, 0.3) is 0 Å². The monoisotopic (exact) mass is 296 g/mol. The molecule has 0 saturated carbocycles. The van der Waals surface area contributed by atoms with Crippen molar-refractivity contribution < 1.29 is 14.3 Å². The Labute approximate surface area is 130 Å². The normalized spacial score (nSPS) is 18.3. The third-order valence-corrected chi connectivity index (χ3v) is 3.96. The molecule has 22 heavy (non-hydrogen) atoms. The Morgan fingerprint density at radius 2 is 1.73 bits per heavy atom. The number of epoxide rings is 1. The predicted molar refractivity (Wildman–Crippen MR) is 84.8 cm³/mol. The molecule has 1 saturated heterocycles. The lowest BCUT2D eigenvalue weighted by molar-refractivity contribution is -0.142. The summed E-state index contributed by atoms with van der Waals surface area (Å²) in [6, 6.07) is 18.2. The third-order valence-electron chi connectivity index (χ3n) is 3.96. The summed E-state index contributed by atoms with van der Waals surface area (Å²) in [7, 11) is 1.42. The van der Waals surface area contributed by atoms with Crippen LogP contribution in [0.25, 0.3) is 0 Å². The van der Waals surface area contributed by atoms with Gasteiger partial charge in [0.15, 0.2) is 0 Å². The van der Waals surface area contributed by atoms with Crippen LogP contribution >= 0.6 is 0 Å². The fourth-order valence-electron chi connectivity index (χ4n) is 2.50. The summed E-state index contributed by atoms with van der Waals surface area (Å²) in [5, 5.41) is 0. The molecule has 1 heterocycles. The fraction of sp³-hybridized carbons (Fsp3) is 0.316. The standard InChI is InChI=1S/C12H14O3.C7H6/c1-14-12(13)11(7-10-8-15-10)9-5-3-2-4-6-9;1-2-4-7-5-6(7)3-1/h2-6,10-11H,7-8H2,1H3;1-4H,5H2. The Kier molecular flexibility index (Phi) is 4.54. The lowest BCUT2D eigenvalue weighted by Gasteiger charge is -2.13. The van der Waals surface area contributed by atoms with Crippen LogP contribution in [0.2, 0.25) is 0 Å². The van der Waals surface area contributed by atoms with Gasteiger partial charge < -0.3 is 9.47 Å². The average Bonchev–Trinajstić information content (AvgIpc) is 3.48. The molecule has 0 N–H and O–H groups in total. The molecular formula is C19H20O3. The second kappa shape index (κ2) is 6.75. The summed E-state index contributed by atoms with van der Waals surface area (Å²) in [4.78, 5) is 11.6. The molecule has 3 heteroatoms. The molecule has 114 valence electrons. The SMILES string of the molecule is COC(=O)C(CC1CO1)c1ccccc1.c1ccc2c(c1)C2. The summed E-state index contributed by atoms with van der Waals surface area (Å²) >= 11 is 0. The number of methoxy groups -OCH3 is 1. The molecule has 0 amide bonds. The van der Waals surface area contributed by atoms with Crippen LogP contribution in [0.1, 0.15) is 29.0 Å². The topological polar surface area (TPSA) is 38.8 Å². The molecule has 2 aromatic carbocycles. The highest BCUT2D eigenvalue weighted by Crippen LogP contribution is 2.28. The van der Waals surface area contributed by atoms with Gasteiger partial charge in [0.2, 0.25) is 0 Å². The molecule has 2 aromatic rings. The Bertz CT molecular complexity index is 611. The minimum atomic E-state index is -0.191. The number of fused-ring (bicyclic) bond motifs is 1. The van der Waals surface area contributed by atoms with Crippen molar-refractivity contribution in [1.82, 2.24) is 0 Å². The van der Waals surface area contributed by atoms with E-state index in [1.54, 1.807) is 0 Å². The summed E-state index contributed by atoms with van der Waals surface area (Å²) in [6.45, 7) is 0.764. The highest BCUT2D eigenvalue weighted by Gasteiger charge is 2.31. The molecule has 2 aliphatic rings. The molecule has 1 fully saturated rings. The van der Waals surface area contributed by atoms with Crippen molar-refractivity contribution in [3.05, 3.63) is 71.3 Å². The number of hydrogen-bond donors (Lipinski definition) is 0. The molecule has 2 unspecified atom stereocenters. The Balaban J connectivity index is 0.000000169. The molecular weight excluding hydrogens is 276 g/mol. The second-order valence-corrected chi connectivity index (χ2v) is 5.62. The van der Waals surface area contributed by atoms with Gasteiger partial charge in [-0.25, -0.2) is 0 Å². The van der Waals surface area contributed by atoms with Gasteiger partial charge in [-0.3, -0.25) is 4.79 Å². The minimum Gasteiger partial charge on any atom is -0.469 e. The van der Waals surface area contributed by atoms with Gasteiger partial charge in [-0.15, -0.1) is 0 Å². The van der Waals surface area contributed by atoms with Gasteiger partial charge in [0.05, 0.1) is 25.7 Å². The third kappa shape index (κ3) is 3.95. The Hall–Kier alpha value is -2.13. The Morgan fingerprint density at radius 1 is 1.14 bits per heavy atom. The second-order valence-electron chi connectivity index (χ2n) is 5.62. The number of benzene rings is 2. The lowest BCUT2D eigenvalue weighted by Crippen LogP contribution is -2.16. The van der Waals surface area contributed by atoms with Gasteiger partial charge in [-0.1, -0.05) is 54.6 Å². The zero-order valence-electron chi connectivity index (χ0n) is 12.7. The number of carbonyl (C=O) groups excluding carboxylic acids is 1. The van der Waals surface area contributed by atoms with Crippen LogP contribution in [-0.4, -0.2) is 25.8 Å². The number of esters is 1. The van der Waals surface area contributed by atoms with E-state index in [2.05, 4.69) is 24.3 Å². The van der Waals surface area contributed by atoms with Crippen molar-refractivity contribution in [2.24, 2.45) is 0 Å². The van der Waals surface area contributed by atoms with Crippen LogP contribution in [0.4, 0.5) is 0 Å². The summed E-state index contributed by atoms with van der Waals surface area (Å²) < 4.78 is 9.95. The van der Waals surface area contributed by atoms with Crippen LogP contribution in [0, 0.1) is 0 Å². The lowest BCUT2D eigenvalue weighted by atomic mass is 9.94. The maximum absolute atomic E-state index is 11.6. The average molecular weight is 296 g/mol. The molecule has 0 radical (unpaired) electrons. The van der Waals surface area contributed by atoms with Crippen LogP contribution < -0.4 is 0 Å². The van der Waals surface area contributed by atoms with Crippen molar-refractivity contribution in [1.29, 1.82) is 0 Å². The first-order chi connectivity index (χ1) is 10.8. The van der Waals surface area contributed by atoms with E-state index in [1.165, 1.54) is 24.7 Å². The quantitative estimate of drug-likeness (QED) is 0.547. The summed E-state index contributed by atoms with van der Waals surface area (Å²) in [5.74, 6) is -0.375. The van der Waals surface area contributed by atoms with E-state index in [4.69, 9.17) is 9.47 Å². The molecule has 2 atom stereocenters. The van der Waals surface area contributed by atoms with E-state index in [0.29, 0.717) is 0 Å². The summed E-state index contributed by atoms with van der Waals surface area (Å²) in [5.41, 5.74) is 4.06. The van der Waals surface area contributed by atoms with Crippen molar-refractivity contribution in [3.63, 3.8) is 0 Å². The first kappa shape index (κ1) is 14.8. The van der Waals surface area contributed by atoms with Crippen molar-refractivity contribution in [2.45, 2.75) is 24.9 Å². The zero-order valence-corrected chi connectivity index (χ0v) is 12.7. The first-order valence-corrected chi connectivity index (χ1v) is 7.59. The first-order valence-electron chi connectivity index (χ1n) is 7.59. The highest BCUT2D eigenvalue weighted by molar-refractivity contribution is 5.78. The van der Waals surface area contributed by atoms with Gasteiger partial charge in [-0.05, 0) is 29.5 Å². The smallest absolute Gasteiger partial charge is 0.313 e. The molecule has 1 aliphatic carbocycles. The fourth-order valence-corrected chi connectivity index (χ4v) is 2.50. The predicted octanol–water partition coefficient (Wildman–Crippen LogP) is 3.32. The van der Waals surface area contributed by atoms with Gasteiger partial charge in [-0.2, -0.15) is 0 Å². The molecule has 3 nitrogen and oxygen atoms in total. The molecule has 0 spiro atoms. The Morgan fingerprint density at radius 3 is 2.23 bits per heavy atom. The molecule has 0 bridgehead atoms. The summed E-state index contributed by atoms with van der Waals surface area (Å²) in [6.07, 6.45) is 2.19. The molecule has 0 aromatic heterocycles. The van der Waals surface area contributed by atoms with Crippen LogP contribution in [0.3, 0.4) is 0 Å². The highest BCUT2D eigenvalue weighted by atomic mass is 16.6. The van der Waals surface area contributed by atoms with Crippen molar-refractivity contribution in [2.75, 3.05) is 13.7 Å². The van der Waals surface area contributed by atoms with Crippen LogP contribution in [0.5, 0.6) is 0 Å². The van der Waals surface area contributed by atoms with Gasteiger partial charge in [0, 0.05) is 0 Å². The van der Waals surface area contributed by atoms with E-state index in [-0.39, 0.29) is 18.0 Å². The van der Waals surface area contributed by atoms with E-state index in [9.17, 15) is 4.79 Å². The van der Waals surface area contributed by atoms with E-state index >= 15 is 0 Å². The number of rotatable bonds is 4. The molecule has 1 aliphatic heterocycles. The van der Waals surface area contributed by atoms with E-state index in [1.807, 2.05) is 30.3 Å². The van der Waals surface area contributed by atoms with Gasteiger partial charge >= 0.3 is 5.97 Å². The number of hydrogen-bond acceptors (Lipinski definition) is 3. The van der Waals surface area contributed by atoms with Gasteiger partial charge in [0.1, 0.15) is 0 Å². The maximum Gasteiger partial charge on any atom is 0.313 e.